The fraction of sp³-hybridized carbons (Fsp3) is 0.333. The topological polar surface area (TPSA) is 49.5 Å². The van der Waals surface area contributed by atoms with Gasteiger partial charge in [0.2, 0.25) is 0 Å². The molecular weight excluding hydrogens is 292 g/mol. The maximum absolute atomic E-state index is 10.7. The normalized spacial score (nSPS) is 27.2. The second-order valence-electron chi connectivity index (χ2n) is 6.06. The highest BCUT2D eigenvalue weighted by Gasteiger charge is 2.37. The molecule has 1 heterocycles. The van der Waals surface area contributed by atoms with Crippen molar-refractivity contribution in [2.24, 2.45) is 5.73 Å². The van der Waals surface area contributed by atoms with E-state index in [4.69, 9.17) is 5.73 Å². The second-order valence-corrected chi connectivity index (χ2v) is 7.14. The standard InChI is InChI=1S/C18H20N2OS/c19-12-6-5-9-15(18(12)21)20-13-7-1-3-10-16(13)22-17-11-4-2-8-14(17)20/h1-4,7-8,10-12,15,18,21H,5-6,9,19H2/t12-,15?,18?/m1/s1. The van der Waals surface area contributed by atoms with E-state index in [2.05, 4.69) is 53.4 Å². The van der Waals surface area contributed by atoms with Gasteiger partial charge in [0.1, 0.15) is 0 Å². The first-order valence-corrected chi connectivity index (χ1v) is 8.66. The summed E-state index contributed by atoms with van der Waals surface area (Å²) in [7, 11) is 0. The van der Waals surface area contributed by atoms with Gasteiger partial charge >= 0.3 is 0 Å². The number of aliphatic hydroxyl groups excluding tert-OH is 1. The average molecular weight is 312 g/mol. The molecule has 2 aromatic rings. The Morgan fingerprint density at radius 2 is 1.55 bits per heavy atom. The summed E-state index contributed by atoms with van der Waals surface area (Å²) in [5, 5.41) is 10.7. The van der Waals surface area contributed by atoms with Gasteiger partial charge in [-0.3, -0.25) is 0 Å². The van der Waals surface area contributed by atoms with Crippen LogP contribution in [0.2, 0.25) is 0 Å². The molecule has 1 aliphatic heterocycles. The molecule has 2 unspecified atom stereocenters. The third-order valence-electron chi connectivity index (χ3n) is 4.67. The lowest BCUT2D eigenvalue weighted by Crippen LogP contribution is -2.53. The second kappa shape index (κ2) is 5.61. The summed E-state index contributed by atoms with van der Waals surface area (Å²) in [6.45, 7) is 0. The lowest BCUT2D eigenvalue weighted by atomic mass is 9.87. The highest BCUT2D eigenvalue weighted by atomic mass is 32.2. The van der Waals surface area contributed by atoms with Crippen molar-refractivity contribution in [1.29, 1.82) is 0 Å². The summed E-state index contributed by atoms with van der Waals surface area (Å²) >= 11 is 1.80. The number of para-hydroxylation sites is 2. The number of fused-ring (bicyclic) bond motifs is 2. The molecule has 1 aliphatic carbocycles. The van der Waals surface area contributed by atoms with Gasteiger partial charge in [-0.05, 0) is 43.5 Å². The van der Waals surface area contributed by atoms with Gasteiger partial charge in [0, 0.05) is 15.8 Å². The first-order chi connectivity index (χ1) is 10.8. The van der Waals surface area contributed by atoms with Crippen LogP contribution in [-0.4, -0.2) is 23.3 Å². The van der Waals surface area contributed by atoms with Crippen LogP contribution in [-0.2, 0) is 0 Å². The van der Waals surface area contributed by atoms with Gasteiger partial charge in [0.05, 0.1) is 23.5 Å². The molecule has 0 saturated heterocycles. The molecule has 0 bridgehead atoms. The SMILES string of the molecule is N[C@@H]1CCCC(N2c3ccccc3Sc3ccccc32)C1O. The Hall–Kier alpha value is -1.49. The number of anilines is 2. The van der Waals surface area contributed by atoms with Gasteiger partial charge in [0.25, 0.3) is 0 Å². The van der Waals surface area contributed by atoms with E-state index in [1.807, 2.05) is 0 Å². The molecule has 2 aromatic carbocycles. The number of nitrogens with two attached hydrogens (primary N) is 1. The molecule has 3 N–H and O–H groups in total. The maximum atomic E-state index is 10.7. The molecule has 114 valence electrons. The molecule has 0 aromatic heterocycles. The molecule has 22 heavy (non-hydrogen) atoms. The summed E-state index contributed by atoms with van der Waals surface area (Å²) in [6.07, 6.45) is 2.46. The predicted octanol–water partition coefficient (Wildman–Crippen LogP) is 3.53. The van der Waals surface area contributed by atoms with Gasteiger partial charge in [-0.2, -0.15) is 0 Å². The molecular formula is C18H20N2OS. The lowest BCUT2D eigenvalue weighted by Gasteiger charge is -2.44. The van der Waals surface area contributed by atoms with Gasteiger partial charge < -0.3 is 15.7 Å². The lowest BCUT2D eigenvalue weighted by molar-refractivity contribution is 0.0875. The van der Waals surface area contributed by atoms with Gasteiger partial charge in [-0.1, -0.05) is 36.0 Å². The summed E-state index contributed by atoms with van der Waals surface area (Å²) in [4.78, 5) is 4.80. The van der Waals surface area contributed by atoms with E-state index in [0.29, 0.717) is 0 Å². The van der Waals surface area contributed by atoms with Crippen LogP contribution in [0.25, 0.3) is 0 Å². The zero-order valence-corrected chi connectivity index (χ0v) is 13.2. The third kappa shape index (κ3) is 2.22. The number of nitrogens with zero attached hydrogens (tertiary/aromatic N) is 1. The number of aliphatic hydroxyl groups is 1. The molecule has 0 amide bonds. The smallest absolute Gasteiger partial charge is 0.0897 e. The Bertz CT molecular complexity index is 645. The minimum atomic E-state index is -0.488. The zero-order chi connectivity index (χ0) is 15.1. The van der Waals surface area contributed by atoms with Crippen molar-refractivity contribution in [3.63, 3.8) is 0 Å². The molecule has 3 nitrogen and oxygen atoms in total. The van der Waals surface area contributed by atoms with Gasteiger partial charge in [-0.25, -0.2) is 0 Å². The summed E-state index contributed by atoms with van der Waals surface area (Å²) in [5.74, 6) is 0. The highest BCUT2D eigenvalue weighted by Crippen LogP contribution is 2.50. The Morgan fingerprint density at radius 3 is 2.18 bits per heavy atom. The minimum Gasteiger partial charge on any atom is -0.389 e. The van der Waals surface area contributed by atoms with E-state index >= 15 is 0 Å². The number of hydrogen-bond donors (Lipinski definition) is 2. The predicted molar refractivity (Wildman–Crippen MR) is 90.8 cm³/mol. The van der Waals surface area contributed by atoms with Crippen molar-refractivity contribution in [3.8, 4) is 0 Å². The summed E-state index contributed by atoms with van der Waals surface area (Å²) in [6, 6.07) is 16.8. The van der Waals surface area contributed by atoms with Crippen molar-refractivity contribution in [3.05, 3.63) is 48.5 Å². The molecule has 4 heteroatoms. The quantitative estimate of drug-likeness (QED) is 0.846. The van der Waals surface area contributed by atoms with Crippen LogP contribution in [0.5, 0.6) is 0 Å². The molecule has 0 radical (unpaired) electrons. The van der Waals surface area contributed by atoms with Gasteiger partial charge in [0.15, 0.2) is 0 Å². The van der Waals surface area contributed by atoms with Crippen LogP contribution >= 0.6 is 11.8 Å². The molecule has 1 fully saturated rings. The van der Waals surface area contributed by atoms with Crippen LogP contribution in [0.15, 0.2) is 58.3 Å². The molecule has 1 saturated carbocycles. The third-order valence-corrected chi connectivity index (χ3v) is 5.80. The van der Waals surface area contributed by atoms with E-state index in [0.717, 1.165) is 19.3 Å². The van der Waals surface area contributed by atoms with Gasteiger partial charge in [-0.15, -0.1) is 0 Å². The van der Waals surface area contributed by atoms with Crippen LogP contribution in [0.1, 0.15) is 19.3 Å². The summed E-state index contributed by atoms with van der Waals surface area (Å²) < 4.78 is 0. The minimum absolute atomic E-state index is 0.0481. The Balaban J connectivity index is 1.84. The van der Waals surface area contributed by atoms with E-state index < -0.39 is 6.10 Å². The summed E-state index contributed by atoms with van der Waals surface area (Å²) in [5.41, 5.74) is 8.50. The fourth-order valence-corrected chi connectivity index (χ4v) is 4.63. The van der Waals surface area contributed by atoms with Crippen molar-refractivity contribution in [1.82, 2.24) is 0 Å². The van der Waals surface area contributed by atoms with Crippen LogP contribution in [0.3, 0.4) is 0 Å². The Labute approximate surface area is 135 Å². The van der Waals surface area contributed by atoms with Crippen LogP contribution in [0, 0.1) is 0 Å². The average Bonchev–Trinajstić information content (AvgIpc) is 2.55. The highest BCUT2D eigenvalue weighted by molar-refractivity contribution is 7.99. The molecule has 2 aliphatic rings. The van der Waals surface area contributed by atoms with Crippen molar-refractivity contribution in [2.45, 2.75) is 47.2 Å². The number of hydrogen-bond acceptors (Lipinski definition) is 4. The van der Waals surface area contributed by atoms with E-state index in [1.54, 1.807) is 11.8 Å². The van der Waals surface area contributed by atoms with Crippen LogP contribution in [0.4, 0.5) is 11.4 Å². The van der Waals surface area contributed by atoms with Crippen LogP contribution < -0.4 is 10.6 Å². The molecule has 0 spiro atoms. The maximum Gasteiger partial charge on any atom is 0.0897 e. The van der Waals surface area contributed by atoms with E-state index in [-0.39, 0.29) is 12.1 Å². The van der Waals surface area contributed by atoms with Crippen molar-refractivity contribution in [2.75, 3.05) is 4.90 Å². The Kier molecular flexibility index (Phi) is 3.60. The first-order valence-electron chi connectivity index (χ1n) is 7.84. The monoisotopic (exact) mass is 312 g/mol. The van der Waals surface area contributed by atoms with Crippen molar-refractivity contribution >= 4 is 23.1 Å². The zero-order valence-electron chi connectivity index (χ0n) is 12.4. The largest absolute Gasteiger partial charge is 0.389 e. The number of benzene rings is 2. The fourth-order valence-electron chi connectivity index (χ4n) is 3.56. The first kappa shape index (κ1) is 14.1. The molecule has 4 rings (SSSR count). The number of rotatable bonds is 1. The van der Waals surface area contributed by atoms with E-state index in [9.17, 15) is 5.11 Å². The molecule has 3 atom stereocenters. The van der Waals surface area contributed by atoms with E-state index in [1.165, 1.54) is 21.2 Å². The Morgan fingerprint density at radius 1 is 0.955 bits per heavy atom. The van der Waals surface area contributed by atoms with Crippen molar-refractivity contribution < 1.29 is 5.11 Å².